The van der Waals surface area contributed by atoms with E-state index in [2.05, 4.69) is 0 Å². The lowest BCUT2D eigenvalue weighted by Crippen LogP contribution is -2.28. The van der Waals surface area contributed by atoms with Crippen LogP contribution in [0.3, 0.4) is 0 Å². The molecule has 0 aliphatic heterocycles. The predicted octanol–water partition coefficient (Wildman–Crippen LogP) is 4.62. The Morgan fingerprint density at radius 1 is 1.09 bits per heavy atom. The monoisotopic (exact) mass is 311 g/mol. The maximum Gasteiger partial charge on any atom is 0.203 e. The van der Waals surface area contributed by atoms with Crippen LogP contribution in [0.4, 0.5) is 5.69 Å². The van der Waals surface area contributed by atoms with Crippen LogP contribution in [0, 0.1) is 20.8 Å². The Hall–Kier alpha value is -2.29. The number of Topliss-reactive ketones (excluding diaryl/α,β-unsaturated/α-hetero) is 1. The van der Waals surface area contributed by atoms with Gasteiger partial charge in [0, 0.05) is 5.56 Å². The summed E-state index contributed by atoms with van der Waals surface area (Å²) in [5.74, 6) is 0.594. The molecule has 2 rings (SSSR count). The number of hydrogen-bond acceptors (Lipinski definition) is 3. The second-order valence-corrected chi connectivity index (χ2v) is 6.12. The van der Waals surface area contributed by atoms with Crippen molar-refractivity contribution in [1.82, 2.24) is 0 Å². The first-order chi connectivity index (χ1) is 10.9. The Kier molecular flexibility index (Phi) is 5.43. The smallest absolute Gasteiger partial charge is 0.203 e. The first-order valence-corrected chi connectivity index (χ1v) is 8.06. The lowest BCUT2D eigenvalue weighted by Gasteiger charge is -2.20. The van der Waals surface area contributed by atoms with E-state index in [9.17, 15) is 4.79 Å². The van der Waals surface area contributed by atoms with E-state index in [0.717, 1.165) is 28.7 Å². The normalized spacial score (nSPS) is 12.0. The number of benzene rings is 2. The van der Waals surface area contributed by atoms with Crippen molar-refractivity contribution in [3.8, 4) is 5.75 Å². The molecule has 2 aromatic carbocycles. The number of hydrogen-bond donors (Lipinski definition) is 1. The van der Waals surface area contributed by atoms with Crippen LogP contribution in [0.2, 0.25) is 0 Å². The molecule has 3 nitrogen and oxygen atoms in total. The Bertz CT molecular complexity index is 707. The molecule has 0 saturated heterocycles. The summed E-state index contributed by atoms with van der Waals surface area (Å²) < 4.78 is 5.97. The summed E-state index contributed by atoms with van der Waals surface area (Å²) in [5.41, 5.74) is 10.5. The highest BCUT2D eigenvalue weighted by atomic mass is 16.5. The second kappa shape index (κ2) is 7.32. The van der Waals surface area contributed by atoms with Gasteiger partial charge < -0.3 is 10.5 Å². The van der Waals surface area contributed by atoms with Gasteiger partial charge in [-0.15, -0.1) is 0 Å². The van der Waals surface area contributed by atoms with Gasteiger partial charge in [0.25, 0.3) is 0 Å². The van der Waals surface area contributed by atoms with Crippen LogP contribution >= 0.6 is 0 Å². The summed E-state index contributed by atoms with van der Waals surface area (Å²) in [5, 5.41) is 0. The zero-order valence-corrected chi connectivity index (χ0v) is 14.3. The zero-order valence-electron chi connectivity index (χ0n) is 14.3. The average molecular weight is 311 g/mol. The highest BCUT2D eigenvalue weighted by molar-refractivity contribution is 6.01. The van der Waals surface area contributed by atoms with Gasteiger partial charge in [0.15, 0.2) is 6.10 Å². The standard InChI is InChI=1S/C20H25NO2/c1-5-6-19(23-18-10-8-14(3)12-17(18)21)20(22)16-9-7-13(2)11-15(16)4/h7-12,19H,5-6,21H2,1-4H3. The fraction of sp³-hybridized carbons (Fsp3) is 0.350. The van der Waals surface area contributed by atoms with Gasteiger partial charge >= 0.3 is 0 Å². The Morgan fingerprint density at radius 2 is 1.74 bits per heavy atom. The van der Waals surface area contributed by atoms with Gasteiger partial charge in [0.1, 0.15) is 5.75 Å². The number of carbonyl (C=O) groups is 1. The molecule has 1 atom stereocenters. The average Bonchev–Trinajstić information content (AvgIpc) is 2.48. The summed E-state index contributed by atoms with van der Waals surface area (Å²) >= 11 is 0. The van der Waals surface area contributed by atoms with Gasteiger partial charge in [-0.25, -0.2) is 0 Å². The van der Waals surface area contributed by atoms with Gasteiger partial charge in [0.05, 0.1) is 5.69 Å². The van der Waals surface area contributed by atoms with Crippen LogP contribution in [0.15, 0.2) is 36.4 Å². The summed E-state index contributed by atoms with van der Waals surface area (Å²) in [6.45, 7) is 8.01. The van der Waals surface area contributed by atoms with Crippen LogP contribution in [0.5, 0.6) is 5.75 Å². The van der Waals surface area contributed by atoms with Crippen molar-refractivity contribution in [2.75, 3.05) is 5.73 Å². The van der Waals surface area contributed by atoms with Crippen molar-refractivity contribution in [3.63, 3.8) is 0 Å². The molecule has 0 saturated carbocycles. The summed E-state index contributed by atoms with van der Waals surface area (Å²) in [6.07, 6.45) is 1.03. The number of nitrogens with two attached hydrogens (primary N) is 1. The molecule has 0 aliphatic carbocycles. The number of carbonyl (C=O) groups excluding carboxylic acids is 1. The van der Waals surface area contributed by atoms with Crippen molar-refractivity contribution in [2.24, 2.45) is 0 Å². The van der Waals surface area contributed by atoms with Crippen molar-refractivity contribution in [3.05, 3.63) is 58.7 Å². The van der Waals surface area contributed by atoms with Crippen LogP contribution in [-0.2, 0) is 0 Å². The van der Waals surface area contributed by atoms with E-state index < -0.39 is 6.10 Å². The van der Waals surface area contributed by atoms with Crippen molar-refractivity contribution in [2.45, 2.75) is 46.6 Å². The fourth-order valence-electron chi connectivity index (χ4n) is 2.70. The van der Waals surface area contributed by atoms with E-state index in [0.29, 0.717) is 17.9 Å². The molecule has 0 radical (unpaired) electrons. The van der Waals surface area contributed by atoms with Gasteiger partial charge in [-0.3, -0.25) is 4.79 Å². The summed E-state index contributed by atoms with van der Waals surface area (Å²) in [7, 11) is 0. The fourth-order valence-corrected chi connectivity index (χ4v) is 2.70. The van der Waals surface area contributed by atoms with E-state index in [1.54, 1.807) is 0 Å². The molecule has 0 aliphatic rings. The minimum absolute atomic E-state index is 0.0179. The van der Waals surface area contributed by atoms with Crippen LogP contribution < -0.4 is 10.5 Å². The third-order valence-electron chi connectivity index (χ3n) is 3.93. The maximum atomic E-state index is 12.9. The number of ketones is 1. The molecule has 1 unspecified atom stereocenters. The Balaban J connectivity index is 2.28. The molecule has 2 N–H and O–H groups in total. The summed E-state index contributed by atoms with van der Waals surface area (Å²) in [6, 6.07) is 11.5. The van der Waals surface area contributed by atoms with E-state index in [1.807, 2.05) is 64.1 Å². The number of anilines is 1. The first-order valence-electron chi connectivity index (χ1n) is 8.06. The molecule has 0 heterocycles. The predicted molar refractivity (Wildman–Crippen MR) is 95.2 cm³/mol. The SMILES string of the molecule is CCCC(Oc1ccc(C)cc1N)C(=O)c1ccc(C)cc1C. The lowest BCUT2D eigenvalue weighted by atomic mass is 9.97. The molecule has 3 heteroatoms. The first kappa shape index (κ1) is 17.1. The quantitative estimate of drug-likeness (QED) is 0.625. The highest BCUT2D eigenvalue weighted by Gasteiger charge is 2.23. The lowest BCUT2D eigenvalue weighted by molar-refractivity contribution is 0.0778. The molecule has 0 amide bonds. The van der Waals surface area contributed by atoms with Crippen LogP contribution in [0.25, 0.3) is 0 Å². The van der Waals surface area contributed by atoms with E-state index in [1.165, 1.54) is 0 Å². The number of aryl methyl sites for hydroxylation is 3. The van der Waals surface area contributed by atoms with E-state index in [-0.39, 0.29) is 5.78 Å². The third-order valence-corrected chi connectivity index (χ3v) is 3.93. The molecule has 0 fully saturated rings. The van der Waals surface area contributed by atoms with Gasteiger partial charge in [-0.05, 0) is 50.5 Å². The molecular weight excluding hydrogens is 286 g/mol. The molecule has 2 aromatic rings. The van der Waals surface area contributed by atoms with Gasteiger partial charge in [0.2, 0.25) is 5.78 Å². The second-order valence-electron chi connectivity index (χ2n) is 6.12. The molecular formula is C20H25NO2. The molecule has 122 valence electrons. The molecule has 0 aromatic heterocycles. The van der Waals surface area contributed by atoms with Gasteiger partial charge in [-0.2, -0.15) is 0 Å². The third kappa shape index (κ3) is 4.13. The van der Waals surface area contributed by atoms with Crippen molar-refractivity contribution in [1.29, 1.82) is 0 Å². The minimum Gasteiger partial charge on any atom is -0.480 e. The van der Waals surface area contributed by atoms with E-state index in [4.69, 9.17) is 10.5 Å². The van der Waals surface area contributed by atoms with Gasteiger partial charge in [-0.1, -0.05) is 43.2 Å². The molecule has 0 spiro atoms. The van der Waals surface area contributed by atoms with Crippen LogP contribution in [0.1, 0.15) is 46.8 Å². The molecule has 23 heavy (non-hydrogen) atoms. The van der Waals surface area contributed by atoms with Crippen LogP contribution in [-0.4, -0.2) is 11.9 Å². The minimum atomic E-state index is -0.508. The maximum absolute atomic E-state index is 12.9. The summed E-state index contributed by atoms with van der Waals surface area (Å²) in [4.78, 5) is 12.9. The Labute approximate surface area is 138 Å². The Morgan fingerprint density at radius 3 is 2.35 bits per heavy atom. The largest absolute Gasteiger partial charge is 0.480 e. The highest BCUT2D eigenvalue weighted by Crippen LogP contribution is 2.26. The van der Waals surface area contributed by atoms with E-state index >= 15 is 0 Å². The number of ether oxygens (including phenoxy) is 1. The topological polar surface area (TPSA) is 52.3 Å². The van der Waals surface area contributed by atoms with Crippen molar-refractivity contribution >= 4 is 11.5 Å². The number of nitrogen functional groups attached to an aromatic ring is 1. The number of rotatable bonds is 6. The molecule has 0 bridgehead atoms. The van der Waals surface area contributed by atoms with Crippen molar-refractivity contribution < 1.29 is 9.53 Å². The zero-order chi connectivity index (χ0) is 17.0.